The van der Waals surface area contributed by atoms with Crippen LogP contribution >= 0.6 is 0 Å². The van der Waals surface area contributed by atoms with Crippen LogP contribution in [0.2, 0.25) is 0 Å². The molecule has 1 aliphatic carbocycles. The fraction of sp³-hybridized carbons (Fsp3) is 0.800. The molecule has 0 unspecified atom stereocenters. The van der Waals surface area contributed by atoms with Gasteiger partial charge < -0.3 is 39.4 Å². The molecule has 4 N–H and O–H groups in total. The van der Waals surface area contributed by atoms with Crippen molar-refractivity contribution in [1.29, 1.82) is 0 Å². The van der Waals surface area contributed by atoms with Gasteiger partial charge in [0.2, 0.25) is 6.10 Å². The van der Waals surface area contributed by atoms with Gasteiger partial charge in [0.05, 0.1) is 24.9 Å². The summed E-state index contributed by atoms with van der Waals surface area (Å²) in [6, 6.07) is 0. The number of hydrogen-bond donors (Lipinski definition) is 4. The van der Waals surface area contributed by atoms with E-state index >= 15 is 0 Å². The van der Waals surface area contributed by atoms with E-state index in [1.165, 1.54) is 0 Å². The molecule has 6 atom stereocenters. The molecule has 1 saturated carbocycles. The highest BCUT2D eigenvalue weighted by Gasteiger charge is 2.68. The summed E-state index contributed by atoms with van der Waals surface area (Å²) >= 11 is 0. The lowest BCUT2D eigenvalue weighted by molar-refractivity contribution is -0.237. The Morgan fingerprint density at radius 1 is 1.06 bits per heavy atom. The Hall–Kier alpha value is -2.21. The van der Waals surface area contributed by atoms with Crippen LogP contribution < -0.4 is 0 Å². The van der Waals surface area contributed by atoms with E-state index in [2.05, 4.69) is 0 Å². The monoisotopic (exact) mass is 516 g/mol. The van der Waals surface area contributed by atoms with Crippen molar-refractivity contribution in [2.24, 2.45) is 23.7 Å². The van der Waals surface area contributed by atoms with E-state index in [4.69, 9.17) is 18.9 Å². The van der Waals surface area contributed by atoms with Crippen LogP contribution in [0.3, 0.4) is 0 Å². The predicted molar refractivity (Wildman–Crippen MR) is 125 cm³/mol. The lowest BCUT2D eigenvalue weighted by Crippen LogP contribution is -2.59. The van der Waals surface area contributed by atoms with Crippen molar-refractivity contribution >= 4 is 17.9 Å². The number of esters is 3. The second-order valence-corrected chi connectivity index (χ2v) is 10.9. The minimum atomic E-state index is -2.26. The lowest BCUT2D eigenvalue weighted by Gasteiger charge is -2.43. The van der Waals surface area contributed by atoms with Crippen LogP contribution in [0.1, 0.15) is 60.8 Å². The first-order chi connectivity index (χ1) is 16.6. The normalized spacial score (nSPS) is 30.5. The molecule has 0 radical (unpaired) electrons. The van der Waals surface area contributed by atoms with Crippen LogP contribution in [-0.4, -0.2) is 81.2 Å². The molecule has 0 bridgehead atoms. The molecule has 0 aromatic heterocycles. The first-order valence-corrected chi connectivity index (χ1v) is 12.3. The summed E-state index contributed by atoms with van der Waals surface area (Å²) in [5.41, 5.74) is -4.30. The topological polar surface area (TPSA) is 169 Å². The van der Waals surface area contributed by atoms with Crippen LogP contribution in [0.5, 0.6) is 0 Å². The van der Waals surface area contributed by atoms with Gasteiger partial charge in [-0.2, -0.15) is 0 Å². The van der Waals surface area contributed by atoms with Gasteiger partial charge in [-0.05, 0) is 11.8 Å². The second-order valence-electron chi connectivity index (χ2n) is 10.9. The van der Waals surface area contributed by atoms with Crippen LogP contribution in [-0.2, 0) is 33.3 Å². The van der Waals surface area contributed by atoms with Crippen LogP contribution in [0.15, 0.2) is 11.8 Å². The highest BCUT2D eigenvalue weighted by molar-refractivity contribution is 5.79. The van der Waals surface area contributed by atoms with Gasteiger partial charge in [0.15, 0.2) is 0 Å². The number of fused-ring (bicyclic) bond motifs is 1. The Morgan fingerprint density at radius 3 is 2.17 bits per heavy atom. The minimum Gasteiger partial charge on any atom is -0.462 e. The van der Waals surface area contributed by atoms with E-state index in [0.29, 0.717) is 0 Å². The number of rotatable bonds is 11. The number of aliphatic hydroxyl groups excluding tert-OH is 2. The molecule has 0 aromatic carbocycles. The highest BCUT2D eigenvalue weighted by atomic mass is 16.7. The number of ether oxygens (including phenoxy) is 4. The van der Waals surface area contributed by atoms with E-state index in [1.807, 2.05) is 13.8 Å². The summed E-state index contributed by atoms with van der Waals surface area (Å²) in [7, 11) is 0. The molecule has 36 heavy (non-hydrogen) atoms. The molecule has 0 aromatic rings. The third-order valence-corrected chi connectivity index (χ3v) is 6.42. The zero-order valence-corrected chi connectivity index (χ0v) is 21.8. The molecule has 11 heteroatoms. The third kappa shape index (κ3) is 6.56. The summed E-state index contributed by atoms with van der Waals surface area (Å²) in [4.78, 5) is 37.1. The maximum Gasteiger partial charge on any atom is 0.348 e. The van der Waals surface area contributed by atoms with Crippen LogP contribution in [0.4, 0.5) is 0 Å². The average Bonchev–Trinajstić information content (AvgIpc) is 2.96. The number of carbonyl (C=O) groups is 3. The zero-order valence-electron chi connectivity index (χ0n) is 21.8. The fourth-order valence-corrected chi connectivity index (χ4v) is 4.52. The number of aliphatic hydroxyl groups is 4. The summed E-state index contributed by atoms with van der Waals surface area (Å²) in [5, 5.41) is 42.9. The standard InChI is InChI=1S/C25H40O11/c1-13(2)7-18(28)35-20(15(5)6)22(30)33-10-16-11-34-23(36-19(29)8-14(3)4)21-24(16,31)9-17(27)25(21,32)12-26/h11,13-15,17,20-21,23,26-27,31-32H,7-10,12H2,1-6H3/t17-,20+,21-,23-,24-,25-/m0/s1. The first kappa shape index (κ1) is 30.0. The molecule has 0 saturated heterocycles. The van der Waals surface area contributed by atoms with Crippen molar-refractivity contribution in [3.05, 3.63) is 11.8 Å². The Kier molecular flexibility index (Phi) is 9.91. The van der Waals surface area contributed by atoms with E-state index in [-0.39, 0.29) is 30.3 Å². The second kappa shape index (κ2) is 11.9. The summed E-state index contributed by atoms with van der Waals surface area (Å²) in [6.45, 7) is 9.20. The Bertz CT molecular complexity index is 836. The maximum absolute atomic E-state index is 12.7. The number of hydrogen-bond acceptors (Lipinski definition) is 11. The quantitative estimate of drug-likeness (QED) is 0.226. The molecule has 1 fully saturated rings. The summed E-state index contributed by atoms with van der Waals surface area (Å²) < 4.78 is 21.5. The zero-order chi connectivity index (χ0) is 27.4. The average molecular weight is 517 g/mol. The number of carbonyl (C=O) groups excluding carboxylic acids is 3. The van der Waals surface area contributed by atoms with Crippen molar-refractivity contribution < 1.29 is 53.8 Å². The molecule has 2 rings (SSSR count). The van der Waals surface area contributed by atoms with Crippen molar-refractivity contribution in [1.82, 2.24) is 0 Å². The largest absolute Gasteiger partial charge is 0.462 e. The van der Waals surface area contributed by atoms with Gasteiger partial charge in [0.1, 0.15) is 17.8 Å². The molecule has 1 aliphatic heterocycles. The van der Waals surface area contributed by atoms with E-state index in [0.717, 1.165) is 6.26 Å². The molecule has 1 heterocycles. The van der Waals surface area contributed by atoms with Crippen LogP contribution in [0, 0.1) is 23.7 Å². The van der Waals surface area contributed by atoms with Gasteiger partial charge >= 0.3 is 17.9 Å². The molecular formula is C25H40O11. The van der Waals surface area contributed by atoms with Crippen molar-refractivity contribution in [3.8, 4) is 0 Å². The molecule has 2 aliphatic rings. The first-order valence-electron chi connectivity index (χ1n) is 12.3. The molecule has 0 amide bonds. The van der Waals surface area contributed by atoms with Gasteiger partial charge in [-0.3, -0.25) is 9.59 Å². The minimum absolute atomic E-state index is 0.0172. The molecular weight excluding hydrogens is 476 g/mol. The summed E-state index contributed by atoms with van der Waals surface area (Å²) in [5.74, 6) is -3.88. The van der Waals surface area contributed by atoms with E-state index < -0.39 is 79.1 Å². The van der Waals surface area contributed by atoms with Gasteiger partial charge in [0.25, 0.3) is 6.29 Å². The van der Waals surface area contributed by atoms with E-state index in [1.54, 1.807) is 27.7 Å². The van der Waals surface area contributed by atoms with Gasteiger partial charge in [-0.1, -0.05) is 41.5 Å². The smallest absolute Gasteiger partial charge is 0.348 e. The predicted octanol–water partition coefficient (Wildman–Crippen LogP) is 0.808. The fourth-order valence-electron chi connectivity index (χ4n) is 4.52. The Balaban J connectivity index is 2.23. The maximum atomic E-state index is 12.7. The van der Waals surface area contributed by atoms with Gasteiger partial charge in [0, 0.05) is 30.8 Å². The Labute approximate surface area is 211 Å². The third-order valence-electron chi connectivity index (χ3n) is 6.42. The van der Waals surface area contributed by atoms with Crippen LogP contribution in [0.25, 0.3) is 0 Å². The lowest BCUT2D eigenvalue weighted by atomic mass is 9.77. The van der Waals surface area contributed by atoms with Crippen molar-refractivity contribution in [2.75, 3.05) is 13.2 Å². The summed E-state index contributed by atoms with van der Waals surface area (Å²) in [6.07, 6.45) is -3.48. The SMILES string of the molecule is CC(C)CC(=O)O[C@@H]1OC=C(COC(=O)[C@H](OC(=O)CC(C)C)C(C)C)[C@@]2(O)C[C@H](O)[C@@](O)(CO)[C@@H]12. The van der Waals surface area contributed by atoms with Crippen molar-refractivity contribution in [3.63, 3.8) is 0 Å². The van der Waals surface area contributed by atoms with Gasteiger partial charge in [-0.15, -0.1) is 0 Å². The molecule has 0 spiro atoms. The molecule has 206 valence electrons. The van der Waals surface area contributed by atoms with Crippen molar-refractivity contribution in [2.45, 2.75) is 90.5 Å². The van der Waals surface area contributed by atoms with E-state index in [9.17, 15) is 34.8 Å². The van der Waals surface area contributed by atoms with Gasteiger partial charge in [-0.25, -0.2) is 4.79 Å². The Morgan fingerprint density at radius 2 is 1.64 bits per heavy atom. The highest BCUT2D eigenvalue weighted by Crippen LogP contribution is 2.52. The molecule has 11 nitrogen and oxygen atoms in total.